The van der Waals surface area contributed by atoms with Crippen LogP contribution < -0.4 is 0 Å². The van der Waals surface area contributed by atoms with Crippen LogP contribution in [0.2, 0.25) is 0 Å². The first-order valence-corrected chi connectivity index (χ1v) is 2.84. The smallest absolute Gasteiger partial charge is 0.358 e. The van der Waals surface area contributed by atoms with Crippen LogP contribution >= 0.6 is 0 Å². The zero-order valence-corrected chi connectivity index (χ0v) is 5.95. The third-order valence-corrected chi connectivity index (χ3v) is 1.02. The maximum atomic E-state index is 10.1. The fourth-order valence-electron chi connectivity index (χ4n) is 0.545. The lowest BCUT2D eigenvalue weighted by Gasteiger charge is -1.91. The standard InChI is InChI=1S/C3H2N4O6/c8-6(9)3-2(4-13-5-3)1-12-7(10)11/h1H2. The molecule has 0 aromatic carbocycles. The molecule has 1 aromatic rings. The van der Waals surface area contributed by atoms with E-state index < -0.39 is 22.4 Å². The zero-order valence-electron chi connectivity index (χ0n) is 5.95. The van der Waals surface area contributed by atoms with Crippen molar-refractivity contribution in [2.24, 2.45) is 0 Å². The molecule has 0 saturated heterocycles. The summed E-state index contributed by atoms with van der Waals surface area (Å²) in [4.78, 5) is 22.8. The van der Waals surface area contributed by atoms with E-state index in [9.17, 15) is 20.2 Å². The minimum absolute atomic E-state index is 0.332. The summed E-state index contributed by atoms with van der Waals surface area (Å²) in [6.45, 7) is -0.660. The van der Waals surface area contributed by atoms with Gasteiger partial charge in [0.2, 0.25) is 5.69 Å². The van der Waals surface area contributed by atoms with Gasteiger partial charge < -0.3 is 15.0 Å². The predicted octanol–water partition coefficient (Wildman–Crippen LogP) is -0.314. The number of nitrogens with zero attached hydrogens (tertiary/aromatic N) is 4. The van der Waals surface area contributed by atoms with Gasteiger partial charge >= 0.3 is 5.82 Å². The first-order chi connectivity index (χ1) is 6.11. The fourth-order valence-corrected chi connectivity index (χ4v) is 0.545. The Labute approximate surface area is 69.3 Å². The summed E-state index contributed by atoms with van der Waals surface area (Å²) in [5.74, 6) is -0.693. The van der Waals surface area contributed by atoms with Crippen molar-refractivity contribution < 1.29 is 19.5 Å². The van der Waals surface area contributed by atoms with Crippen LogP contribution in [0, 0.1) is 20.2 Å². The third-order valence-electron chi connectivity index (χ3n) is 1.02. The van der Waals surface area contributed by atoms with Crippen molar-refractivity contribution in [1.82, 2.24) is 10.3 Å². The second kappa shape index (κ2) is 3.42. The van der Waals surface area contributed by atoms with E-state index in [1.807, 2.05) is 0 Å². The van der Waals surface area contributed by atoms with Gasteiger partial charge in [0.05, 0.1) is 0 Å². The normalized spacial score (nSPS) is 9.54. The Bertz CT molecular complexity index is 332. The van der Waals surface area contributed by atoms with Crippen LogP contribution in [0.5, 0.6) is 0 Å². The number of rotatable bonds is 4. The lowest BCUT2D eigenvalue weighted by Crippen LogP contribution is -2.03. The predicted molar refractivity (Wildman–Crippen MR) is 32.7 cm³/mol. The lowest BCUT2D eigenvalue weighted by atomic mass is 10.5. The lowest BCUT2D eigenvalue weighted by molar-refractivity contribution is -0.763. The highest BCUT2D eigenvalue weighted by Crippen LogP contribution is 2.12. The van der Waals surface area contributed by atoms with Gasteiger partial charge in [-0.15, -0.1) is 14.7 Å². The molecule has 0 radical (unpaired) electrons. The Morgan fingerprint density at radius 1 is 1.38 bits per heavy atom. The molecule has 1 rings (SSSR count). The first-order valence-electron chi connectivity index (χ1n) is 2.84. The van der Waals surface area contributed by atoms with Gasteiger partial charge in [-0.25, -0.2) is 0 Å². The van der Waals surface area contributed by atoms with Crippen LogP contribution in [-0.2, 0) is 11.4 Å². The van der Waals surface area contributed by atoms with E-state index in [4.69, 9.17) is 0 Å². The average Bonchev–Trinajstić information content (AvgIpc) is 2.47. The molecular formula is C3H2N4O6. The largest absolute Gasteiger partial charge is 0.439 e. The molecule has 0 atom stereocenters. The molecule has 0 N–H and O–H groups in total. The third kappa shape index (κ3) is 2.08. The molecule has 13 heavy (non-hydrogen) atoms. The minimum Gasteiger partial charge on any atom is -0.358 e. The number of nitro groups is 1. The molecule has 0 spiro atoms. The molecule has 0 aliphatic heterocycles. The Balaban J connectivity index is 2.71. The second-order valence-electron chi connectivity index (χ2n) is 1.79. The highest BCUT2D eigenvalue weighted by Gasteiger charge is 2.22. The maximum absolute atomic E-state index is 10.1. The van der Waals surface area contributed by atoms with Gasteiger partial charge in [0.1, 0.15) is 0 Å². The molecule has 1 aromatic heterocycles. The van der Waals surface area contributed by atoms with Crippen molar-refractivity contribution in [1.29, 1.82) is 0 Å². The van der Waals surface area contributed by atoms with Gasteiger partial charge in [-0.3, -0.25) is 0 Å². The van der Waals surface area contributed by atoms with Crippen molar-refractivity contribution in [3.63, 3.8) is 0 Å². The van der Waals surface area contributed by atoms with Gasteiger partial charge in [0.15, 0.2) is 11.8 Å². The SMILES string of the molecule is O=[N+]([O-])OCc1nonc1[N+](=O)[O-]. The van der Waals surface area contributed by atoms with Crippen LogP contribution in [0.1, 0.15) is 5.69 Å². The van der Waals surface area contributed by atoms with Crippen molar-refractivity contribution >= 4 is 5.82 Å². The van der Waals surface area contributed by atoms with E-state index in [2.05, 4.69) is 19.8 Å². The number of hydrogen-bond donors (Lipinski definition) is 0. The molecule has 1 heterocycles. The molecule has 0 unspecified atom stereocenters. The summed E-state index contributed by atoms with van der Waals surface area (Å²) in [5, 5.41) is 24.7. The van der Waals surface area contributed by atoms with Crippen LogP contribution in [0.3, 0.4) is 0 Å². The van der Waals surface area contributed by atoms with Crippen LogP contribution in [0.4, 0.5) is 5.82 Å². The first kappa shape index (κ1) is 8.83. The fraction of sp³-hybridized carbons (Fsp3) is 0.333. The number of hydrogen-bond acceptors (Lipinski definition) is 8. The van der Waals surface area contributed by atoms with Gasteiger partial charge in [-0.1, -0.05) is 0 Å². The van der Waals surface area contributed by atoms with Gasteiger partial charge in [-0.2, -0.15) is 0 Å². The molecular weight excluding hydrogens is 188 g/mol. The van der Waals surface area contributed by atoms with Crippen molar-refractivity contribution in [3.05, 3.63) is 25.9 Å². The minimum atomic E-state index is -1.10. The molecule has 0 aliphatic carbocycles. The van der Waals surface area contributed by atoms with Crippen molar-refractivity contribution in [2.45, 2.75) is 6.61 Å². The Kier molecular flexibility index (Phi) is 2.33. The van der Waals surface area contributed by atoms with E-state index in [0.29, 0.717) is 0 Å². The van der Waals surface area contributed by atoms with Crippen molar-refractivity contribution in [2.75, 3.05) is 0 Å². The average molecular weight is 190 g/mol. The van der Waals surface area contributed by atoms with E-state index in [0.717, 1.165) is 0 Å². The second-order valence-corrected chi connectivity index (χ2v) is 1.79. The van der Waals surface area contributed by atoms with E-state index >= 15 is 0 Å². The van der Waals surface area contributed by atoms with Crippen molar-refractivity contribution in [3.8, 4) is 0 Å². The summed E-state index contributed by atoms with van der Waals surface area (Å²) in [6, 6.07) is 0. The maximum Gasteiger partial charge on any atom is 0.439 e. The summed E-state index contributed by atoms with van der Waals surface area (Å²) in [7, 11) is 0. The molecule has 0 fully saturated rings. The molecule has 70 valence electrons. The van der Waals surface area contributed by atoms with Crippen LogP contribution in [0.15, 0.2) is 4.63 Å². The van der Waals surface area contributed by atoms with E-state index in [1.165, 1.54) is 0 Å². The molecule has 10 heteroatoms. The van der Waals surface area contributed by atoms with Gasteiger partial charge in [0, 0.05) is 0 Å². The van der Waals surface area contributed by atoms with Crippen LogP contribution in [0.25, 0.3) is 0 Å². The molecule has 0 bridgehead atoms. The topological polar surface area (TPSA) is 134 Å². The highest BCUT2D eigenvalue weighted by atomic mass is 16.9. The highest BCUT2D eigenvalue weighted by molar-refractivity contribution is 5.20. The molecule has 0 aliphatic rings. The Hall–Kier alpha value is -2.26. The molecule has 0 saturated carbocycles. The number of aromatic nitrogens is 2. The Morgan fingerprint density at radius 3 is 2.62 bits per heavy atom. The van der Waals surface area contributed by atoms with E-state index in [1.54, 1.807) is 0 Å². The molecule has 10 nitrogen and oxygen atoms in total. The summed E-state index contributed by atoms with van der Waals surface area (Å²) >= 11 is 0. The Morgan fingerprint density at radius 2 is 2.08 bits per heavy atom. The monoisotopic (exact) mass is 190 g/mol. The summed E-state index contributed by atoms with van der Waals surface area (Å²) in [5.41, 5.74) is -0.332. The summed E-state index contributed by atoms with van der Waals surface area (Å²) < 4.78 is 3.99. The molecule has 0 amide bonds. The quantitative estimate of drug-likeness (QED) is 0.465. The van der Waals surface area contributed by atoms with E-state index in [-0.39, 0.29) is 5.69 Å². The zero-order chi connectivity index (χ0) is 9.84. The van der Waals surface area contributed by atoms with Gasteiger partial charge in [0.25, 0.3) is 5.09 Å². The van der Waals surface area contributed by atoms with Gasteiger partial charge in [-0.05, 0) is 10.1 Å². The summed E-state index contributed by atoms with van der Waals surface area (Å²) in [6.07, 6.45) is 0. The van der Waals surface area contributed by atoms with Crippen LogP contribution in [-0.4, -0.2) is 20.3 Å².